The molecule has 6 N–H and O–H groups in total. The number of carbonyl (C=O) groups is 3. The molecule has 0 saturated carbocycles. The summed E-state index contributed by atoms with van der Waals surface area (Å²) in [4.78, 5) is 56.8. The van der Waals surface area contributed by atoms with Gasteiger partial charge in [-0.05, 0) is 44.5 Å². The van der Waals surface area contributed by atoms with Gasteiger partial charge in [0.1, 0.15) is 11.8 Å². The van der Waals surface area contributed by atoms with Crippen LogP contribution in [0.5, 0.6) is 0 Å². The Kier molecular flexibility index (Phi) is 8.63. The third-order valence-corrected chi connectivity index (χ3v) is 4.50. The van der Waals surface area contributed by atoms with Crippen molar-refractivity contribution in [1.82, 2.24) is 15.3 Å². The predicted octanol–water partition coefficient (Wildman–Crippen LogP) is 1.42. The molecule has 1 amide bonds. The average molecular weight is 442 g/mol. The predicted molar refractivity (Wildman–Crippen MR) is 121 cm³/mol. The summed E-state index contributed by atoms with van der Waals surface area (Å²) >= 11 is 0. The van der Waals surface area contributed by atoms with Gasteiger partial charge in [0, 0.05) is 36.9 Å². The van der Waals surface area contributed by atoms with Gasteiger partial charge in [0.2, 0.25) is 5.95 Å². The topological polar surface area (TPSA) is 180 Å². The molecule has 2 rings (SSSR count). The number of nitrogens with zero attached hydrogens (tertiary/aromatic N) is 2. The van der Waals surface area contributed by atoms with Crippen molar-refractivity contribution in [1.29, 1.82) is 0 Å². The van der Waals surface area contributed by atoms with Gasteiger partial charge < -0.3 is 26.3 Å². The number of aliphatic imine (C=N–C) groups is 1. The summed E-state index contributed by atoms with van der Waals surface area (Å²) in [6, 6.07) is 5.41. The lowest BCUT2D eigenvalue weighted by molar-refractivity contribution is -0.139. The summed E-state index contributed by atoms with van der Waals surface area (Å²) in [6.45, 7) is 3.52. The maximum atomic E-state index is 12.3. The third kappa shape index (κ3) is 7.35. The van der Waals surface area contributed by atoms with Gasteiger partial charge in [0.25, 0.3) is 11.5 Å². The number of nitrogen functional groups attached to an aromatic ring is 1. The first-order valence-electron chi connectivity index (χ1n) is 9.93. The van der Waals surface area contributed by atoms with Crippen LogP contribution in [0.3, 0.4) is 0 Å². The Morgan fingerprint density at radius 1 is 1.28 bits per heavy atom. The lowest BCUT2D eigenvalue weighted by Gasteiger charge is -2.14. The molecule has 0 bridgehead atoms. The van der Waals surface area contributed by atoms with Gasteiger partial charge >= 0.3 is 5.97 Å². The summed E-state index contributed by atoms with van der Waals surface area (Å²) < 4.78 is 0. The van der Waals surface area contributed by atoms with Crippen LogP contribution in [0.1, 0.15) is 42.1 Å². The van der Waals surface area contributed by atoms with Gasteiger partial charge in [-0.3, -0.25) is 14.6 Å². The van der Waals surface area contributed by atoms with Crippen molar-refractivity contribution in [3.05, 3.63) is 45.7 Å². The lowest BCUT2D eigenvalue weighted by Crippen LogP contribution is -2.41. The van der Waals surface area contributed by atoms with Gasteiger partial charge in [-0.2, -0.15) is 4.98 Å². The van der Waals surface area contributed by atoms with E-state index in [1.54, 1.807) is 37.4 Å². The molecule has 0 spiro atoms. The minimum Gasteiger partial charge on any atom is -0.480 e. The van der Waals surface area contributed by atoms with E-state index >= 15 is 0 Å². The van der Waals surface area contributed by atoms with Crippen molar-refractivity contribution >= 4 is 41.3 Å². The number of aromatic amines is 1. The van der Waals surface area contributed by atoms with Gasteiger partial charge in [0.05, 0.1) is 5.56 Å². The number of nitrogens with two attached hydrogens (primary N) is 1. The Hall–Kier alpha value is -4.02. The molecule has 0 aliphatic heterocycles. The minimum atomic E-state index is -1.19. The fourth-order valence-electron chi connectivity index (χ4n) is 2.68. The number of aromatic nitrogens is 2. The molecule has 32 heavy (non-hydrogen) atoms. The van der Waals surface area contributed by atoms with E-state index in [9.17, 15) is 24.3 Å². The number of aliphatic carboxylic acids is 1. The van der Waals surface area contributed by atoms with Gasteiger partial charge in [-0.15, -0.1) is 0 Å². The maximum Gasteiger partial charge on any atom is 0.326 e. The zero-order chi connectivity index (χ0) is 23.7. The van der Waals surface area contributed by atoms with Crippen LogP contribution in [-0.4, -0.2) is 51.5 Å². The smallest absolute Gasteiger partial charge is 0.326 e. The van der Waals surface area contributed by atoms with E-state index in [1.165, 1.54) is 6.92 Å². The number of hydrogen-bond acceptors (Lipinski definition) is 8. The molecule has 1 aromatic heterocycles. The standard InChI is InChI=1S/C21H26N6O5/c1-12(28)4-9-16(20(31)32)25-19(30)14-5-7-15(8-6-14)23-10-3-11-24-17-13(2)18(29)27-21(22)26-17/h5-8,11,16,23H,3-4,9-10H2,1-2H3,(H,25,30)(H,31,32)(H3,22,26,27,29)/b24-11-. The molecule has 1 atom stereocenters. The minimum absolute atomic E-state index is 0.00327. The molecule has 0 fully saturated rings. The number of hydrogen-bond donors (Lipinski definition) is 5. The molecule has 11 heteroatoms. The number of Topliss-reactive ketones (excluding diaryl/α,β-unsaturated/α-hetero) is 1. The molecule has 11 nitrogen and oxygen atoms in total. The molecular formula is C21H26N6O5. The van der Waals surface area contributed by atoms with Crippen LogP contribution in [0.15, 0.2) is 34.1 Å². The zero-order valence-corrected chi connectivity index (χ0v) is 17.8. The van der Waals surface area contributed by atoms with Crippen LogP contribution in [0.4, 0.5) is 17.5 Å². The van der Waals surface area contributed by atoms with Crippen molar-refractivity contribution < 1.29 is 19.5 Å². The molecule has 170 valence electrons. The number of carbonyl (C=O) groups excluding carboxylic acids is 2. The summed E-state index contributed by atoms with van der Waals surface area (Å²) in [5.74, 6) is -1.58. The van der Waals surface area contributed by atoms with E-state index in [2.05, 4.69) is 25.6 Å². The van der Waals surface area contributed by atoms with Crippen molar-refractivity contribution in [2.24, 2.45) is 4.99 Å². The van der Waals surface area contributed by atoms with E-state index < -0.39 is 17.9 Å². The molecular weight excluding hydrogens is 416 g/mol. The van der Waals surface area contributed by atoms with Gasteiger partial charge in [-0.1, -0.05) is 0 Å². The molecule has 2 aromatic rings. The Balaban J connectivity index is 1.86. The third-order valence-electron chi connectivity index (χ3n) is 4.50. The number of H-pyrrole nitrogens is 1. The van der Waals surface area contributed by atoms with Crippen LogP contribution in [0.2, 0.25) is 0 Å². The second kappa shape index (κ2) is 11.4. The number of carboxylic acids is 1. The van der Waals surface area contributed by atoms with Crippen molar-refractivity contribution in [2.45, 2.75) is 39.2 Å². The first-order valence-corrected chi connectivity index (χ1v) is 9.93. The fraction of sp³-hybridized carbons (Fsp3) is 0.333. The molecule has 1 heterocycles. The van der Waals surface area contributed by atoms with Crippen LogP contribution in [0.25, 0.3) is 0 Å². The normalized spacial score (nSPS) is 11.8. The summed E-state index contributed by atoms with van der Waals surface area (Å²) in [5.41, 5.74) is 6.62. The van der Waals surface area contributed by atoms with Crippen LogP contribution >= 0.6 is 0 Å². The van der Waals surface area contributed by atoms with Crippen LogP contribution < -0.4 is 21.9 Å². The zero-order valence-electron chi connectivity index (χ0n) is 17.8. The van der Waals surface area contributed by atoms with E-state index in [-0.39, 0.29) is 36.0 Å². The lowest BCUT2D eigenvalue weighted by atomic mass is 10.1. The number of anilines is 2. The highest BCUT2D eigenvalue weighted by Gasteiger charge is 2.21. The SMILES string of the molecule is CC(=O)CCC(NC(=O)c1ccc(NCC/C=N\c2nc(N)[nH]c(=O)c2C)cc1)C(=O)O. The largest absolute Gasteiger partial charge is 0.480 e. The van der Waals surface area contributed by atoms with E-state index in [0.717, 1.165) is 5.69 Å². The van der Waals surface area contributed by atoms with Crippen LogP contribution in [0, 0.1) is 6.92 Å². The Bertz CT molecular complexity index is 1060. The Morgan fingerprint density at radius 2 is 1.97 bits per heavy atom. The van der Waals surface area contributed by atoms with E-state index in [0.29, 0.717) is 24.1 Å². The summed E-state index contributed by atoms with van der Waals surface area (Å²) in [6.07, 6.45) is 2.28. The molecule has 1 aromatic carbocycles. The number of nitrogens with one attached hydrogen (secondary N) is 3. The molecule has 0 radical (unpaired) electrons. The fourth-order valence-corrected chi connectivity index (χ4v) is 2.68. The first kappa shape index (κ1) is 24.3. The maximum absolute atomic E-state index is 12.3. The Labute approximate surface area is 184 Å². The molecule has 1 unspecified atom stereocenters. The van der Waals surface area contributed by atoms with Gasteiger partial charge in [0.15, 0.2) is 5.82 Å². The number of benzene rings is 1. The average Bonchev–Trinajstić information content (AvgIpc) is 2.74. The number of ketones is 1. The van der Waals surface area contributed by atoms with Crippen LogP contribution in [-0.2, 0) is 9.59 Å². The number of rotatable bonds is 11. The number of amides is 1. The van der Waals surface area contributed by atoms with Crippen molar-refractivity contribution in [3.8, 4) is 0 Å². The summed E-state index contributed by atoms with van der Waals surface area (Å²) in [5, 5.41) is 14.8. The number of carboxylic acid groups (broad SMARTS) is 1. The first-order chi connectivity index (χ1) is 15.2. The summed E-state index contributed by atoms with van der Waals surface area (Å²) in [7, 11) is 0. The Morgan fingerprint density at radius 3 is 2.59 bits per heavy atom. The van der Waals surface area contributed by atoms with Gasteiger partial charge in [-0.25, -0.2) is 9.79 Å². The highest BCUT2D eigenvalue weighted by Crippen LogP contribution is 2.12. The van der Waals surface area contributed by atoms with E-state index in [1.807, 2.05) is 0 Å². The quantitative estimate of drug-likeness (QED) is 0.256. The highest BCUT2D eigenvalue weighted by molar-refractivity contribution is 5.97. The monoisotopic (exact) mass is 442 g/mol. The molecule has 0 aliphatic rings. The van der Waals surface area contributed by atoms with Crippen molar-refractivity contribution in [2.75, 3.05) is 17.6 Å². The molecule has 0 saturated heterocycles. The van der Waals surface area contributed by atoms with E-state index in [4.69, 9.17) is 5.73 Å². The molecule has 0 aliphatic carbocycles. The van der Waals surface area contributed by atoms with Crippen molar-refractivity contribution in [3.63, 3.8) is 0 Å². The second-order valence-corrected chi connectivity index (χ2v) is 7.11. The second-order valence-electron chi connectivity index (χ2n) is 7.11. The highest BCUT2D eigenvalue weighted by atomic mass is 16.4.